The molecule has 1 saturated heterocycles. The molecule has 2 heterocycles. The highest BCUT2D eigenvalue weighted by molar-refractivity contribution is 7.03. The van der Waals surface area contributed by atoms with E-state index >= 15 is 0 Å². The zero-order valence-corrected chi connectivity index (χ0v) is 9.95. The molecule has 0 spiro atoms. The number of piperidine rings is 1. The van der Waals surface area contributed by atoms with Gasteiger partial charge in [0.15, 0.2) is 5.69 Å². The number of aromatic nitrogens is 2. The zero-order chi connectivity index (χ0) is 11.4. The third-order valence-electron chi connectivity index (χ3n) is 3.06. The summed E-state index contributed by atoms with van der Waals surface area (Å²) >= 11 is 1.22. The lowest BCUT2D eigenvalue weighted by Crippen LogP contribution is -2.39. The van der Waals surface area contributed by atoms with Crippen LogP contribution in [0.15, 0.2) is 5.38 Å². The molecule has 1 fully saturated rings. The highest BCUT2D eigenvalue weighted by Gasteiger charge is 2.24. The summed E-state index contributed by atoms with van der Waals surface area (Å²) in [6.45, 7) is 2.39. The predicted octanol–water partition coefficient (Wildman–Crippen LogP) is 0.739. The Bertz CT molecular complexity index is 333. The average molecular weight is 240 g/mol. The lowest BCUT2D eigenvalue weighted by molar-refractivity contribution is 0.0682. The van der Waals surface area contributed by atoms with Crippen molar-refractivity contribution >= 4 is 17.4 Å². The fourth-order valence-electron chi connectivity index (χ4n) is 2.08. The van der Waals surface area contributed by atoms with Crippen molar-refractivity contribution in [1.29, 1.82) is 0 Å². The number of nitrogens with zero attached hydrogens (tertiary/aromatic N) is 3. The molecule has 0 aromatic carbocycles. The number of hydrogen-bond donors (Lipinski definition) is 1. The van der Waals surface area contributed by atoms with Gasteiger partial charge in [-0.1, -0.05) is 4.49 Å². The molecular formula is C10H16N4OS. The number of nitrogens with two attached hydrogens (primary N) is 1. The van der Waals surface area contributed by atoms with Crippen molar-refractivity contribution in [2.45, 2.75) is 19.3 Å². The Labute approximate surface area is 98.8 Å². The average Bonchev–Trinajstić information content (AvgIpc) is 2.83. The summed E-state index contributed by atoms with van der Waals surface area (Å²) < 4.78 is 3.71. The van der Waals surface area contributed by atoms with Gasteiger partial charge in [-0.2, -0.15) is 0 Å². The Balaban J connectivity index is 1.87. The molecule has 1 amide bonds. The molecular weight excluding hydrogens is 224 g/mol. The summed E-state index contributed by atoms with van der Waals surface area (Å²) in [6.07, 6.45) is 3.18. The fourth-order valence-corrected chi connectivity index (χ4v) is 2.51. The van der Waals surface area contributed by atoms with E-state index in [9.17, 15) is 4.79 Å². The van der Waals surface area contributed by atoms with Gasteiger partial charge in [-0.05, 0) is 43.3 Å². The summed E-state index contributed by atoms with van der Waals surface area (Å²) in [4.78, 5) is 13.8. The molecule has 5 nitrogen and oxygen atoms in total. The van der Waals surface area contributed by atoms with Gasteiger partial charge in [0, 0.05) is 18.5 Å². The molecule has 1 aliphatic heterocycles. The van der Waals surface area contributed by atoms with Gasteiger partial charge in [-0.3, -0.25) is 4.79 Å². The Morgan fingerprint density at radius 2 is 2.31 bits per heavy atom. The van der Waals surface area contributed by atoms with Crippen LogP contribution in [-0.4, -0.2) is 40.0 Å². The van der Waals surface area contributed by atoms with Crippen LogP contribution in [0.4, 0.5) is 0 Å². The Kier molecular flexibility index (Phi) is 3.84. The van der Waals surface area contributed by atoms with E-state index in [4.69, 9.17) is 5.73 Å². The first-order chi connectivity index (χ1) is 7.81. The van der Waals surface area contributed by atoms with Crippen molar-refractivity contribution in [2.24, 2.45) is 11.7 Å². The van der Waals surface area contributed by atoms with Crippen molar-refractivity contribution in [3.8, 4) is 0 Å². The lowest BCUT2D eigenvalue weighted by Gasteiger charge is -2.31. The number of rotatable bonds is 3. The van der Waals surface area contributed by atoms with E-state index < -0.39 is 0 Å². The van der Waals surface area contributed by atoms with Crippen LogP contribution in [0.2, 0.25) is 0 Å². The number of carbonyl (C=O) groups excluding carboxylic acids is 1. The third-order valence-corrected chi connectivity index (χ3v) is 3.56. The van der Waals surface area contributed by atoms with Crippen LogP contribution in [0.3, 0.4) is 0 Å². The molecule has 16 heavy (non-hydrogen) atoms. The van der Waals surface area contributed by atoms with Crippen LogP contribution in [0.5, 0.6) is 0 Å². The van der Waals surface area contributed by atoms with Crippen molar-refractivity contribution in [3.05, 3.63) is 11.1 Å². The van der Waals surface area contributed by atoms with Crippen molar-refractivity contribution < 1.29 is 4.79 Å². The van der Waals surface area contributed by atoms with Crippen LogP contribution in [0.25, 0.3) is 0 Å². The summed E-state index contributed by atoms with van der Waals surface area (Å²) in [5.74, 6) is 0.697. The van der Waals surface area contributed by atoms with Crippen molar-refractivity contribution in [3.63, 3.8) is 0 Å². The van der Waals surface area contributed by atoms with Gasteiger partial charge in [0.2, 0.25) is 0 Å². The smallest absolute Gasteiger partial charge is 0.275 e. The maximum Gasteiger partial charge on any atom is 0.275 e. The SMILES string of the molecule is NCCC1CCN(C(=O)c2csnn2)CC1. The Hall–Kier alpha value is -1.01. The molecule has 0 aliphatic carbocycles. The van der Waals surface area contributed by atoms with E-state index in [0.717, 1.165) is 38.9 Å². The molecule has 6 heteroatoms. The molecule has 0 saturated carbocycles. The molecule has 1 aromatic rings. The van der Waals surface area contributed by atoms with E-state index in [0.29, 0.717) is 11.6 Å². The highest BCUT2D eigenvalue weighted by atomic mass is 32.1. The molecule has 1 aromatic heterocycles. The van der Waals surface area contributed by atoms with Crippen molar-refractivity contribution in [1.82, 2.24) is 14.5 Å². The molecule has 0 atom stereocenters. The third kappa shape index (κ3) is 2.56. The van der Waals surface area contributed by atoms with Crippen molar-refractivity contribution in [2.75, 3.05) is 19.6 Å². The number of likely N-dealkylation sites (tertiary alicyclic amines) is 1. The summed E-state index contributed by atoms with van der Waals surface area (Å²) in [5, 5.41) is 5.51. The monoisotopic (exact) mass is 240 g/mol. The van der Waals surface area contributed by atoms with Crippen LogP contribution in [0.1, 0.15) is 29.8 Å². The zero-order valence-electron chi connectivity index (χ0n) is 9.13. The fraction of sp³-hybridized carbons (Fsp3) is 0.700. The lowest BCUT2D eigenvalue weighted by atomic mass is 9.93. The largest absolute Gasteiger partial charge is 0.337 e. The Morgan fingerprint density at radius 1 is 1.56 bits per heavy atom. The molecule has 2 N–H and O–H groups in total. The molecule has 2 rings (SSSR count). The Morgan fingerprint density at radius 3 is 2.88 bits per heavy atom. The minimum absolute atomic E-state index is 0.0138. The minimum Gasteiger partial charge on any atom is -0.337 e. The minimum atomic E-state index is 0.0138. The topological polar surface area (TPSA) is 72.1 Å². The maximum absolute atomic E-state index is 11.9. The van der Waals surface area contributed by atoms with E-state index in [1.807, 2.05) is 4.90 Å². The quantitative estimate of drug-likeness (QED) is 0.845. The first kappa shape index (κ1) is 11.5. The van der Waals surface area contributed by atoms with Gasteiger partial charge in [0.25, 0.3) is 5.91 Å². The van der Waals surface area contributed by atoms with Crippen LogP contribution in [0, 0.1) is 5.92 Å². The highest BCUT2D eigenvalue weighted by Crippen LogP contribution is 2.20. The van der Waals surface area contributed by atoms with Crippen LogP contribution in [-0.2, 0) is 0 Å². The summed E-state index contributed by atoms with van der Waals surface area (Å²) in [7, 11) is 0. The van der Waals surface area contributed by atoms with Gasteiger partial charge in [0.1, 0.15) is 0 Å². The predicted molar refractivity (Wildman–Crippen MR) is 62.2 cm³/mol. The standard InChI is InChI=1S/C10H16N4OS/c11-4-1-8-2-5-14(6-3-8)10(15)9-7-16-13-12-9/h7-8H,1-6,11H2. The molecule has 88 valence electrons. The molecule has 1 aliphatic rings. The normalized spacial score (nSPS) is 17.7. The van der Waals surface area contributed by atoms with Gasteiger partial charge in [0.05, 0.1) is 0 Å². The van der Waals surface area contributed by atoms with E-state index in [1.54, 1.807) is 5.38 Å². The molecule has 0 unspecified atom stereocenters. The van der Waals surface area contributed by atoms with Gasteiger partial charge in [-0.25, -0.2) is 0 Å². The number of carbonyl (C=O) groups is 1. The van der Waals surface area contributed by atoms with E-state index in [-0.39, 0.29) is 5.91 Å². The second kappa shape index (κ2) is 5.36. The summed E-state index contributed by atoms with van der Waals surface area (Å²) in [6, 6.07) is 0. The number of amides is 1. The second-order valence-corrected chi connectivity index (χ2v) is 4.71. The van der Waals surface area contributed by atoms with E-state index in [1.165, 1.54) is 11.5 Å². The first-order valence-electron chi connectivity index (χ1n) is 5.57. The van der Waals surface area contributed by atoms with Gasteiger partial charge >= 0.3 is 0 Å². The second-order valence-electron chi connectivity index (χ2n) is 4.10. The maximum atomic E-state index is 11.9. The van der Waals surface area contributed by atoms with Crippen LogP contribution >= 0.6 is 11.5 Å². The molecule has 0 bridgehead atoms. The van der Waals surface area contributed by atoms with Gasteiger partial charge in [-0.15, -0.1) is 5.10 Å². The summed E-state index contributed by atoms with van der Waals surface area (Å²) in [5.41, 5.74) is 6.01. The van der Waals surface area contributed by atoms with E-state index in [2.05, 4.69) is 9.59 Å². The number of hydrogen-bond acceptors (Lipinski definition) is 5. The van der Waals surface area contributed by atoms with Gasteiger partial charge < -0.3 is 10.6 Å². The first-order valence-corrected chi connectivity index (χ1v) is 6.41. The van der Waals surface area contributed by atoms with Crippen LogP contribution < -0.4 is 5.73 Å². The molecule has 0 radical (unpaired) electrons.